The summed E-state index contributed by atoms with van der Waals surface area (Å²) in [6.45, 7) is 13.1. The summed E-state index contributed by atoms with van der Waals surface area (Å²) in [5.74, 6) is 1.72. The van der Waals surface area contributed by atoms with E-state index >= 15 is 0 Å². The molecule has 0 N–H and O–H groups in total. The van der Waals surface area contributed by atoms with E-state index in [1.54, 1.807) is 6.20 Å². The van der Waals surface area contributed by atoms with Crippen molar-refractivity contribution >= 4 is 5.65 Å². The van der Waals surface area contributed by atoms with E-state index in [0.29, 0.717) is 0 Å². The first-order chi connectivity index (χ1) is 8.47. The number of imidazole rings is 1. The average Bonchev–Trinajstić information content (AvgIpc) is 2.77. The van der Waals surface area contributed by atoms with Crippen LogP contribution in [0, 0.1) is 11.8 Å². The van der Waals surface area contributed by atoms with E-state index in [4.69, 9.17) is 0 Å². The number of aromatic nitrogens is 2. The molecule has 0 aliphatic rings. The molecular weight excluding hydrogens is 220 g/mol. The van der Waals surface area contributed by atoms with Crippen molar-refractivity contribution in [1.82, 2.24) is 9.38 Å². The smallest absolute Gasteiger partial charge is 0.136 e. The molecule has 0 fully saturated rings. The minimum absolute atomic E-state index is 0.833. The molecule has 2 heteroatoms. The zero-order chi connectivity index (χ0) is 14.0. The Bertz CT molecular complexity index is 369. The van der Waals surface area contributed by atoms with Crippen LogP contribution >= 0.6 is 0 Å². The van der Waals surface area contributed by atoms with Crippen LogP contribution in [-0.4, -0.2) is 9.38 Å². The van der Waals surface area contributed by atoms with Gasteiger partial charge in [0.2, 0.25) is 0 Å². The molecule has 2 nitrogen and oxygen atoms in total. The van der Waals surface area contributed by atoms with Crippen LogP contribution in [0.15, 0.2) is 36.8 Å². The van der Waals surface area contributed by atoms with Crippen LogP contribution in [0.4, 0.5) is 0 Å². The SMILES string of the molecule is CC(C)C.CCC(C)C.c1ccn2ccnc2c1. The molecule has 2 heterocycles. The van der Waals surface area contributed by atoms with Crippen LogP contribution in [0.25, 0.3) is 5.65 Å². The minimum atomic E-state index is 0.833. The number of rotatable bonds is 1. The zero-order valence-electron chi connectivity index (χ0n) is 12.7. The van der Waals surface area contributed by atoms with E-state index in [0.717, 1.165) is 17.5 Å². The van der Waals surface area contributed by atoms with E-state index in [1.165, 1.54) is 6.42 Å². The highest BCUT2D eigenvalue weighted by molar-refractivity contribution is 5.36. The Labute approximate surface area is 112 Å². The fourth-order valence-corrected chi connectivity index (χ4v) is 0.864. The highest BCUT2D eigenvalue weighted by Gasteiger charge is 1.85. The molecule has 2 aromatic heterocycles. The van der Waals surface area contributed by atoms with Crippen molar-refractivity contribution < 1.29 is 0 Å². The lowest BCUT2D eigenvalue weighted by Crippen LogP contribution is -1.77. The number of hydrogen-bond donors (Lipinski definition) is 0. The maximum Gasteiger partial charge on any atom is 0.136 e. The second kappa shape index (κ2) is 9.69. The lowest BCUT2D eigenvalue weighted by atomic mass is 10.2. The minimum Gasteiger partial charge on any atom is -0.307 e. The van der Waals surface area contributed by atoms with Crippen LogP contribution < -0.4 is 0 Å². The maximum atomic E-state index is 4.08. The van der Waals surface area contributed by atoms with Gasteiger partial charge in [0.1, 0.15) is 5.65 Å². The van der Waals surface area contributed by atoms with Gasteiger partial charge in [-0.05, 0) is 24.0 Å². The Morgan fingerprint density at radius 2 is 1.61 bits per heavy atom. The van der Waals surface area contributed by atoms with Crippen LogP contribution in [-0.2, 0) is 0 Å². The fraction of sp³-hybridized carbons (Fsp3) is 0.562. The van der Waals surface area contributed by atoms with Crippen molar-refractivity contribution in [3.05, 3.63) is 36.8 Å². The lowest BCUT2D eigenvalue weighted by molar-refractivity contribution is 0.626. The Hall–Kier alpha value is -1.31. The van der Waals surface area contributed by atoms with Gasteiger partial charge in [-0.1, -0.05) is 54.0 Å². The van der Waals surface area contributed by atoms with Crippen LogP contribution in [0.5, 0.6) is 0 Å². The Kier molecular flexibility index (Phi) is 8.99. The van der Waals surface area contributed by atoms with E-state index in [1.807, 2.05) is 35.0 Å². The van der Waals surface area contributed by atoms with Gasteiger partial charge in [0, 0.05) is 18.6 Å². The Morgan fingerprint density at radius 1 is 1.06 bits per heavy atom. The first-order valence-electron chi connectivity index (χ1n) is 6.85. The first kappa shape index (κ1) is 16.7. The molecule has 0 amide bonds. The molecule has 18 heavy (non-hydrogen) atoms. The van der Waals surface area contributed by atoms with Crippen molar-refractivity contribution in [2.75, 3.05) is 0 Å². The average molecular weight is 248 g/mol. The van der Waals surface area contributed by atoms with Crippen molar-refractivity contribution in [2.24, 2.45) is 11.8 Å². The van der Waals surface area contributed by atoms with Gasteiger partial charge in [-0.3, -0.25) is 0 Å². The third-order valence-corrected chi connectivity index (χ3v) is 2.12. The Morgan fingerprint density at radius 3 is 2.06 bits per heavy atom. The third-order valence-electron chi connectivity index (χ3n) is 2.12. The van der Waals surface area contributed by atoms with Gasteiger partial charge >= 0.3 is 0 Å². The van der Waals surface area contributed by atoms with E-state index in [-0.39, 0.29) is 0 Å². The molecular formula is C16H28N2. The molecule has 0 aromatic carbocycles. The summed E-state index contributed by atoms with van der Waals surface area (Å²) in [4.78, 5) is 4.08. The summed E-state index contributed by atoms with van der Waals surface area (Å²) in [6.07, 6.45) is 6.99. The van der Waals surface area contributed by atoms with Gasteiger partial charge in [-0.2, -0.15) is 0 Å². The van der Waals surface area contributed by atoms with Gasteiger partial charge in [0.05, 0.1) is 0 Å². The zero-order valence-corrected chi connectivity index (χ0v) is 12.7. The predicted octanol–water partition coefficient (Wildman–Crippen LogP) is 5.05. The van der Waals surface area contributed by atoms with Gasteiger partial charge in [0.15, 0.2) is 0 Å². The molecule has 2 aromatic rings. The monoisotopic (exact) mass is 248 g/mol. The largest absolute Gasteiger partial charge is 0.307 e. The van der Waals surface area contributed by atoms with Gasteiger partial charge in [0.25, 0.3) is 0 Å². The van der Waals surface area contributed by atoms with Crippen LogP contribution in [0.1, 0.15) is 48.0 Å². The van der Waals surface area contributed by atoms with Crippen LogP contribution in [0.2, 0.25) is 0 Å². The Balaban J connectivity index is 0.000000278. The maximum absolute atomic E-state index is 4.08. The van der Waals surface area contributed by atoms with Gasteiger partial charge < -0.3 is 4.40 Å². The molecule has 0 unspecified atom stereocenters. The molecule has 0 aliphatic carbocycles. The van der Waals surface area contributed by atoms with E-state index < -0.39 is 0 Å². The van der Waals surface area contributed by atoms with Gasteiger partial charge in [-0.25, -0.2) is 4.98 Å². The number of pyridine rings is 1. The van der Waals surface area contributed by atoms with Crippen molar-refractivity contribution in [1.29, 1.82) is 0 Å². The summed E-state index contributed by atoms with van der Waals surface area (Å²) >= 11 is 0. The van der Waals surface area contributed by atoms with Gasteiger partial charge in [-0.15, -0.1) is 0 Å². The summed E-state index contributed by atoms with van der Waals surface area (Å²) < 4.78 is 1.97. The quantitative estimate of drug-likeness (QED) is 0.690. The highest BCUT2D eigenvalue weighted by atomic mass is 15.0. The molecule has 102 valence electrons. The number of hydrogen-bond acceptors (Lipinski definition) is 1. The summed E-state index contributed by atoms with van der Waals surface area (Å²) in [5, 5.41) is 0. The van der Waals surface area contributed by atoms with Crippen molar-refractivity contribution in [3.63, 3.8) is 0 Å². The lowest BCUT2D eigenvalue weighted by Gasteiger charge is -1.90. The topological polar surface area (TPSA) is 17.3 Å². The van der Waals surface area contributed by atoms with E-state index in [9.17, 15) is 0 Å². The third kappa shape index (κ3) is 8.80. The van der Waals surface area contributed by atoms with E-state index in [2.05, 4.69) is 46.5 Å². The second-order valence-corrected chi connectivity index (χ2v) is 5.43. The molecule has 0 aliphatic heterocycles. The second-order valence-electron chi connectivity index (χ2n) is 5.43. The standard InChI is InChI=1S/C7H6N2.C5H12.C4H10/c1-2-5-9-6-4-8-7(9)3-1;1-4-5(2)3;1-4(2)3/h1-6H;5H,4H2,1-3H3;4H,1-3H3. The van der Waals surface area contributed by atoms with Crippen molar-refractivity contribution in [3.8, 4) is 0 Å². The molecule has 0 spiro atoms. The summed E-state index contributed by atoms with van der Waals surface area (Å²) in [5.41, 5.74) is 0.998. The normalized spacial score (nSPS) is 9.78. The molecule has 0 bridgehead atoms. The summed E-state index contributed by atoms with van der Waals surface area (Å²) in [6, 6.07) is 5.93. The summed E-state index contributed by atoms with van der Waals surface area (Å²) in [7, 11) is 0. The molecule has 0 radical (unpaired) electrons. The number of fused-ring (bicyclic) bond motifs is 1. The first-order valence-corrected chi connectivity index (χ1v) is 6.85. The molecule has 2 rings (SSSR count). The highest BCUT2D eigenvalue weighted by Crippen LogP contribution is 1.96. The fourth-order valence-electron chi connectivity index (χ4n) is 0.864. The molecule has 0 atom stereocenters. The molecule has 0 saturated heterocycles. The molecule has 0 saturated carbocycles. The van der Waals surface area contributed by atoms with Crippen LogP contribution in [0.3, 0.4) is 0 Å². The number of nitrogens with zero attached hydrogens (tertiary/aromatic N) is 2. The predicted molar refractivity (Wildman–Crippen MR) is 80.8 cm³/mol. The van der Waals surface area contributed by atoms with Crippen molar-refractivity contribution in [2.45, 2.75) is 48.0 Å².